The zero-order valence-corrected chi connectivity index (χ0v) is 37.3. The molecular formula is C41H67N6O8PS. The molecule has 0 saturated carbocycles. The number of nitrogens with zero attached hydrogens (tertiary/aromatic N) is 3. The number of thiazole rings is 1. The Balaban J connectivity index is 1.85. The van der Waals surface area contributed by atoms with Crippen LogP contribution < -0.4 is 16.4 Å². The Labute approximate surface area is 343 Å². The number of likely N-dealkylation sites (tertiary alicyclic amines) is 1. The number of hydrogen-bond donors (Lipinski definition) is 3. The number of ether oxygens (including phenoxy) is 1. The van der Waals surface area contributed by atoms with Crippen molar-refractivity contribution in [2.75, 3.05) is 39.6 Å². The normalized spacial score (nSPS) is 18.2. The molecule has 320 valence electrons. The minimum atomic E-state index is -3.47. The fraction of sp³-hybridized carbons (Fsp3) is 0.683. The summed E-state index contributed by atoms with van der Waals surface area (Å²) in [5.41, 5.74) is 7.07. The number of carbonyl (C=O) groups is 4. The Bertz CT molecular complexity index is 1650. The lowest BCUT2D eigenvalue weighted by Crippen LogP contribution is -2.58. The van der Waals surface area contributed by atoms with Crippen LogP contribution in [0, 0.1) is 11.8 Å². The number of esters is 1. The van der Waals surface area contributed by atoms with Crippen molar-refractivity contribution in [1.29, 1.82) is 0 Å². The predicted octanol–water partition coefficient (Wildman–Crippen LogP) is 6.60. The standard InChI is InChI=1S/C41H67N6O8PS/c1-11-27(6)37(45-39(50)34-16-14-15-21-46(34)9)41(51)47(10)35(26(4)5)24-36(55-29(8)48)40-44-33(25-57-40)38(49)43-32(23-30-17-19-31(42)20-18-30)22-28(7)56(52,53-12-2)54-13-3/h17-20,25-28,32,34-37H,11-16,21-24,42H2,1-10H3,(H,43,49)(H,45,50)/t27?,28-,32-,34-,35-,36-,37+/m1/s1. The van der Waals surface area contributed by atoms with Crippen molar-refractivity contribution in [3.63, 3.8) is 0 Å². The molecule has 16 heteroatoms. The molecule has 0 radical (unpaired) electrons. The first-order chi connectivity index (χ1) is 26.9. The molecule has 3 rings (SSSR count). The van der Waals surface area contributed by atoms with Gasteiger partial charge in [0, 0.05) is 43.5 Å². The van der Waals surface area contributed by atoms with E-state index in [0.29, 0.717) is 30.0 Å². The van der Waals surface area contributed by atoms with E-state index in [-0.39, 0.29) is 55.0 Å². The number of nitrogens with one attached hydrogen (secondary N) is 2. The van der Waals surface area contributed by atoms with Crippen molar-refractivity contribution in [3.8, 4) is 0 Å². The van der Waals surface area contributed by atoms with Crippen LogP contribution in [-0.4, -0.2) is 102 Å². The van der Waals surface area contributed by atoms with Gasteiger partial charge in [-0.15, -0.1) is 11.3 Å². The molecule has 0 aliphatic carbocycles. The minimum absolute atomic E-state index is 0.0575. The van der Waals surface area contributed by atoms with Crippen LogP contribution >= 0.6 is 18.9 Å². The summed E-state index contributed by atoms with van der Waals surface area (Å²) in [4.78, 5) is 62.4. The van der Waals surface area contributed by atoms with Gasteiger partial charge in [-0.3, -0.25) is 28.6 Å². The Morgan fingerprint density at radius 2 is 1.67 bits per heavy atom. The van der Waals surface area contributed by atoms with Crippen molar-refractivity contribution in [2.45, 2.75) is 136 Å². The third-order valence-electron chi connectivity index (χ3n) is 10.8. The van der Waals surface area contributed by atoms with Gasteiger partial charge in [-0.05, 0) is 82.7 Å². The number of likely N-dealkylation sites (N-methyl/N-ethyl adjacent to an activating group) is 2. The fourth-order valence-corrected chi connectivity index (χ4v) is 10.00. The molecule has 2 aromatic rings. The van der Waals surface area contributed by atoms with Gasteiger partial charge in [0.05, 0.1) is 24.9 Å². The number of carbonyl (C=O) groups excluding carboxylic acids is 4. The Morgan fingerprint density at radius 1 is 1.02 bits per heavy atom. The van der Waals surface area contributed by atoms with E-state index in [0.717, 1.165) is 31.4 Å². The van der Waals surface area contributed by atoms with Crippen molar-refractivity contribution < 1.29 is 37.5 Å². The largest absolute Gasteiger partial charge is 0.455 e. The lowest BCUT2D eigenvalue weighted by Gasteiger charge is -2.38. The maximum atomic E-state index is 14.3. The van der Waals surface area contributed by atoms with Gasteiger partial charge < -0.3 is 35.1 Å². The van der Waals surface area contributed by atoms with Crippen LogP contribution in [0.4, 0.5) is 5.69 Å². The van der Waals surface area contributed by atoms with Crippen LogP contribution in [0.2, 0.25) is 0 Å². The van der Waals surface area contributed by atoms with Crippen LogP contribution in [0.25, 0.3) is 0 Å². The molecule has 1 aliphatic heterocycles. The van der Waals surface area contributed by atoms with Gasteiger partial charge in [-0.1, -0.05) is 59.6 Å². The number of rotatable bonds is 22. The van der Waals surface area contributed by atoms with Crippen molar-refractivity contribution >= 4 is 48.3 Å². The molecule has 1 aliphatic rings. The van der Waals surface area contributed by atoms with Crippen molar-refractivity contribution in [3.05, 3.63) is 45.9 Å². The van der Waals surface area contributed by atoms with Gasteiger partial charge in [0.25, 0.3) is 5.91 Å². The molecular weight excluding hydrogens is 768 g/mol. The molecule has 1 fully saturated rings. The van der Waals surface area contributed by atoms with Crippen LogP contribution in [0.5, 0.6) is 0 Å². The summed E-state index contributed by atoms with van der Waals surface area (Å²) in [6.07, 6.45) is 3.54. The van der Waals surface area contributed by atoms with Gasteiger partial charge in [0.2, 0.25) is 11.8 Å². The van der Waals surface area contributed by atoms with E-state index < -0.39 is 49.4 Å². The molecule has 4 N–H and O–H groups in total. The summed E-state index contributed by atoms with van der Waals surface area (Å²) in [7, 11) is 0.205. The number of nitrogen functional groups attached to an aromatic ring is 1. The van der Waals surface area contributed by atoms with E-state index in [1.807, 2.05) is 51.8 Å². The van der Waals surface area contributed by atoms with Gasteiger partial charge in [-0.2, -0.15) is 0 Å². The average molecular weight is 835 g/mol. The second-order valence-electron chi connectivity index (χ2n) is 15.6. The third kappa shape index (κ3) is 13.9. The third-order valence-corrected chi connectivity index (χ3v) is 14.3. The van der Waals surface area contributed by atoms with Gasteiger partial charge >= 0.3 is 13.6 Å². The smallest absolute Gasteiger partial charge is 0.333 e. The van der Waals surface area contributed by atoms with E-state index in [2.05, 4.69) is 15.6 Å². The highest BCUT2D eigenvalue weighted by atomic mass is 32.1. The monoisotopic (exact) mass is 834 g/mol. The Kier molecular flexibility index (Phi) is 19.1. The number of piperidine rings is 1. The highest BCUT2D eigenvalue weighted by Crippen LogP contribution is 2.54. The van der Waals surface area contributed by atoms with E-state index in [9.17, 15) is 23.7 Å². The molecule has 0 spiro atoms. The molecule has 0 bridgehead atoms. The number of aromatic nitrogens is 1. The van der Waals surface area contributed by atoms with Gasteiger partial charge in [0.15, 0.2) is 6.10 Å². The predicted molar refractivity (Wildman–Crippen MR) is 225 cm³/mol. The molecule has 57 heavy (non-hydrogen) atoms. The number of anilines is 1. The molecule has 1 aromatic carbocycles. The number of hydrogen-bond acceptors (Lipinski definition) is 12. The first kappa shape index (κ1) is 48.0. The van der Waals surface area contributed by atoms with Crippen LogP contribution in [-0.2, 0) is 39.2 Å². The van der Waals surface area contributed by atoms with Crippen LogP contribution in [0.1, 0.15) is 121 Å². The summed E-state index contributed by atoms with van der Waals surface area (Å²) < 4.78 is 30.7. The molecule has 7 atom stereocenters. The highest BCUT2D eigenvalue weighted by Gasteiger charge is 2.38. The number of nitrogens with two attached hydrogens (primary N) is 1. The summed E-state index contributed by atoms with van der Waals surface area (Å²) in [5, 5.41) is 8.21. The summed E-state index contributed by atoms with van der Waals surface area (Å²) >= 11 is 1.19. The van der Waals surface area contributed by atoms with Crippen molar-refractivity contribution in [2.24, 2.45) is 11.8 Å². The summed E-state index contributed by atoms with van der Waals surface area (Å²) in [5.74, 6) is -1.50. The quantitative estimate of drug-likeness (QED) is 0.0660. The number of benzene rings is 1. The van der Waals surface area contributed by atoms with E-state index in [1.54, 1.807) is 50.2 Å². The lowest BCUT2D eigenvalue weighted by molar-refractivity contribution is -0.149. The van der Waals surface area contributed by atoms with Gasteiger partial charge in [-0.25, -0.2) is 4.98 Å². The Morgan fingerprint density at radius 3 is 2.23 bits per heavy atom. The summed E-state index contributed by atoms with van der Waals surface area (Å²) in [6, 6.07) is 5.46. The molecule has 1 saturated heterocycles. The van der Waals surface area contributed by atoms with Gasteiger partial charge in [0.1, 0.15) is 16.7 Å². The summed E-state index contributed by atoms with van der Waals surface area (Å²) in [6.45, 7) is 15.8. The maximum absolute atomic E-state index is 14.3. The SMILES string of the molecule is CCOP(=O)(OCC)[C@H](C)C[C@H](Cc1ccc(N)cc1)NC(=O)c1csc([C@@H](C[C@H](C(C)C)N(C)C(=O)[C@@H](NC(=O)[C@H]2CCCCN2C)C(C)CC)OC(C)=O)n1. The lowest BCUT2D eigenvalue weighted by atomic mass is 9.92. The average Bonchev–Trinajstić information content (AvgIpc) is 3.66. The van der Waals surface area contributed by atoms with Crippen LogP contribution in [0.15, 0.2) is 29.6 Å². The topological polar surface area (TPSA) is 182 Å². The van der Waals surface area contributed by atoms with E-state index in [4.69, 9.17) is 19.5 Å². The fourth-order valence-electron chi connectivity index (χ4n) is 7.34. The number of amides is 3. The highest BCUT2D eigenvalue weighted by molar-refractivity contribution is 7.54. The second-order valence-corrected chi connectivity index (χ2v) is 19.0. The molecule has 14 nitrogen and oxygen atoms in total. The zero-order valence-electron chi connectivity index (χ0n) is 35.6. The minimum Gasteiger partial charge on any atom is -0.455 e. The molecule has 2 heterocycles. The second kappa shape index (κ2) is 22.7. The first-order valence-corrected chi connectivity index (χ1v) is 22.9. The molecule has 3 amide bonds. The molecule has 1 unspecified atom stereocenters. The van der Waals surface area contributed by atoms with Crippen LogP contribution in [0.3, 0.4) is 0 Å². The first-order valence-electron chi connectivity index (χ1n) is 20.4. The van der Waals surface area contributed by atoms with Crippen molar-refractivity contribution in [1.82, 2.24) is 25.4 Å². The Hall–Kier alpha value is -3.36. The van der Waals surface area contributed by atoms with E-state index >= 15 is 0 Å². The maximum Gasteiger partial charge on any atom is 0.333 e. The van der Waals surface area contributed by atoms with E-state index in [1.165, 1.54) is 18.3 Å². The molecule has 1 aromatic heterocycles. The zero-order chi connectivity index (χ0) is 42.4.